The van der Waals surface area contributed by atoms with E-state index in [1.807, 2.05) is 0 Å². The maximum absolute atomic E-state index is 11.7. The molecule has 1 atom stereocenters. The molecule has 4 nitrogen and oxygen atoms in total. The fourth-order valence-electron chi connectivity index (χ4n) is 2.71. The van der Waals surface area contributed by atoms with E-state index in [9.17, 15) is 4.79 Å². The molecule has 1 saturated carbocycles. The van der Waals surface area contributed by atoms with Crippen LogP contribution < -0.4 is 5.32 Å². The lowest BCUT2D eigenvalue weighted by atomic mass is 10.1. The van der Waals surface area contributed by atoms with Crippen LogP contribution in [0.25, 0.3) is 0 Å². The number of hydrogen-bond donors (Lipinski definition) is 1. The standard InChI is InChI=1S/C14H25NO3/c16-14(13-8-5-10-18-13)15-9-11-17-12-6-3-1-2-4-7-12/h12-13H,1-11H2,(H,15,16). The summed E-state index contributed by atoms with van der Waals surface area (Å²) in [4.78, 5) is 11.7. The third-order valence-electron chi connectivity index (χ3n) is 3.78. The predicted octanol–water partition coefficient (Wildman–Crippen LogP) is 2.02. The lowest BCUT2D eigenvalue weighted by Gasteiger charge is -2.16. The van der Waals surface area contributed by atoms with Crippen LogP contribution in [0.4, 0.5) is 0 Å². The lowest BCUT2D eigenvalue weighted by molar-refractivity contribution is -0.130. The molecule has 104 valence electrons. The van der Waals surface area contributed by atoms with Gasteiger partial charge in [-0.3, -0.25) is 4.79 Å². The molecule has 0 bridgehead atoms. The first-order chi connectivity index (χ1) is 8.86. The van der Waals surface area contributed by atoms with Gasteiger partial charge in [0.2, 0.25) is 5.91 Å². The first kappa shape index (κ1) is 13.8. The van der Waals surface area contributed by atoms with Crippen molar-refractivity contribution in [2.24, 2.45) is 0 Å². The van der Waals surface area contributed by atoms with E-state index in [2.05, 4.69) is 5.32 Å². The Balaban J connectivity index is 1.53. The van der Waals surface area contributed by atoms with Gasteiger partial charge in [-0.2, -0.15) is 0 Å². The molecular formula is C14H25NO3. The number of hydrogen-bond acceptors (Lipinski definition) is 3. The molecule has 1 aliphatic heterocycles. The summed E-state index contributed by atoms with van der Waals surface area (Å²) < 4.78 is 11.1. The van der Waals surface area contributed by atoms with Gasteiger partial charge in [0.15, 0.2) is 0 Å². The Morgan fingerprint density at radius 3 is 2.56 bits per heavy atom. The van der Waals surface area contributed by atoms with Gasteiger partial charge < -0.3 is 14.8 Å². The van der Waals surface area contributed by atoms with Crippen LogP contribution in [-0.4, -0.2) is 37.9 Å². The molecular weight excluding hydrogens is 230 g/mol. The Labute approximate surface area is 109 Å². The van der Waals surface area contributed by atoms with Crippen LogP contribution in [0.15, 0.2) is 0 Å². The van der Waals surface area contributed by atoms with E-state index in [1.165, 1.54) is 38.5 Å². The van der Waals surface area contributed by atoms with Crippen LogP contribution in [0.2, 0.25) is 0 Å². The number of rotatable bonds is 5. The second kappa shape index (κ2) is 7.74. The first-order valence-electron chi connectivity index (χ1n) is 7.37. The minimum Gasteiger partial charge on any atom is -0.376 e. The van der Waals surface area contributed by atoms with Crippen molar-refractivity contribution in [1.82, 2.24) is 5.32 Å². The van der Waals surface area contributed by atoms with Crippen molar-refractivity contribution >= 4 is 5.91 Å². The third kappa shape index (κ3) is 4.58. The van der Waals surface area contributed by atoms with Gasteiger partial charge >= 0.3 is 0 Å². The lowest BCUT2D eigenvalue weighted by Crippen LogP contribution is -2.36. The molecule has 0 spiro atoms. The molecule has 1 unspecified atom stereocenters. The molecule has 4 heteroatoms. The summed E-state index contributed by atoms with van der Waals surface area (Å²) in [6, 6.07) is 0. The normalized spacial score (nSPS) is 25.9. The molecule has 2 rings (SSSR count). The summed E-state index contributed by atoms with van der Waals surface area (Å²) in [6.45, 7) is 1.95. The second-order valence-corrected chi connectivity index (χ2v) is 5.28. The quantitative estimate of drug-likeness (QED) is 0.604. The summed E-state index contributed by atoms with van der Waals surface area (Å²) in [5.74, 6) is 0.0250. The van der Waals surface area contributed by atoms with Crippen molar-refractivity contribution in [2.45, 2.75) is 63.6 Å². The summed E-state index contributed by atoms with van der Waals surface area (Å²) in [5.41, 5.74) is 0. The van der Waals surface area contributed by atoms with E-state index in [1.54, 1.807) is 0 Å². The Morgan fingerprint density at radius 2 is 1.89 bits per heavy atom. The van der Waals surface area contributed by atoms with E-state index in [-0.39, 0.29) is 12.0 Å². The van der Waals surface area contributed by atoms with Crippen molar-refractivity contribution in [1.29, 1.82) is 0 Å². The van der Waals surface area contributed by atoms with Gasteiger partial charge in [0, 0.05) is 13.2 Å². The van der Waals surface area contributed by atoms with Gasteiger partial charge in [0.1, 0.15) is 6.10 Å². The molecule has 0 aromatic heterocycles. The first-order valence-corrected chi connectivity index (χ1v) is 7.37. The molecule has 0 aromatic carbocycles. The Kier molecular flexibility index (Phi) is 5.94. The topological polar surface area (TPSA) is 47.6 Å². The van der Waals surface area contributed by atoms with Crippen molar-refractivity contribution < 1.29 is 14.3 Å². The molecule has 0 radical (unpaired) electrons. The molecule has 1 N–H and O–H groups in total. The monoisotopic (exact) mass is 255 g/mol. The maximum atomic E-state index is 11.7. The highest BCUT2D eigenvalue weighted by Crippen LogP contribution is 2.19. The van der Waals surface area contributed by atoms with Crippen molar-refractivity contribution in [3.05, 3.63) is 0 Å². The highest BCUT2D eigenvalue weighted by atomic mass is 16.5. The molecule has 1 aliphatic carbocycles. The van der Waals surface area contributed by atoms with E-state index in [4.69, 9.17) is 9.47 Å². The van der Waals surface area contributed by atoms with Crippen LogP contribution in [-0.2, 0) is 14.3 Å². The molecule has 1 heterocycles. The zero-order chi connectivity index (χ0) is 12.6. The summed E-state index contributed by atoms with van der Waals surface area (Å²) >= 11 is 0. The van der Waals surface area contributed by atoms with E-state index in [0.29, 0.717) is 19.3 Å². The molecule has 1 amide bonds. The van der Waals surface area contributed by atoms with E-state index in [0.717, 1.165) is 19.4 Å². The summed E-state index contributed by atoms with van der Waals surface area (Å²) in [5, 5.41) is 2.89. The molecule has 1 saturated heterocycles. The van der Waals surface area contributed by atoms with Crippen LogP contribution in [0.3, 0.4) is 0 Å². The van der Waals surface area contributed by atoms with Gasteiger partial charge in [-0.1, -0.05) is 25.7 Å². The highest BCUT2D eigenvalue weighted by Gasteiger charge is 2.23. The third-order valence-corrected chi connectivity index (χ3v) is 3.78. The average Bonchev–Trinajstić information content (AvgIpc) is 2.80. The van der Waals surface area contributed by atoms with Gasteiger partial charge in [-0.25, -0.2) is 0 Å². The van der Waals surface area contributed by atoms with Gasteiger partial charge in [-0.15, -0.1) is 0 Å². The van der Waals surface area contributed by atoms with Crippen LogP contribution in [0.5, 0.6) is 0 Å². The predicted molar refractivity (Wildman–Crippen MR) is 69.4 cm³/mol. The van der Waals surface area contributed by atoms with Crippen molar-refractivity contribution in [3.63, 3.8) is 0 Å². The smallest absolute Gasteiger partial charge is 0.249 e. The van der Waals surface area contributed by atoms with Crippen LogP contribution >= 0.6 is 0 Å². The van der Waals surface area contributed by atoms with Crippen molar-refractivity contribution in [3.8, 4) is 0 Å². The van der Waals surface area contributed by atoms with Gasteiger partial charge in [0.25, 0.3) is 0 Å². The maximum Gasteiger partial charge on any atom is 0.249 e. The number of nitrogens with one attached hydrogen (secondary N) is 1. The fraction of sp³-hybridized carbons (Fsp3) is 0.929. The van der Waals surface area contributed by atoms with Crippen LogP contribution in [0, 0.1) is 0 Å². The zero-order valence-electron chi connectivity index (χ0n) is 11.2. The van der Waals surface area contributed by atoms with Gasteiger partial charge in [0.05, 0.1) is 12.7 Å². The van der Waals surface area contributed by atoms with E-state index >= 15 is 0 Å². The largest absolute Gasteiger partial charge is 0.376 e. The molecule has 18 heavy (non-hydrogen) atoms. The highest BCUT2D eigenvalue weighted by molar-refractivity contribution is 5.80. The second-order valence-electron chi connectivity index (χ2n) is 5.28. The average molecular weight is 255 g/mol. The minimum absolute atomic E-state index is 0.0250. The molecule has 0 aromatic rings. The minimum atomic E-state index is -0.220. The molecule has 2 aliphatic rings. The van der Waals surface area contributed by atoms with Crippen LogP contribution in [0.1, 0.15) is 51.4 Å². The molecule has 2 fully saturated rings. The SMILES string of the molecule is O=C(NCCOC1CCCCCC1)C1CCCO1. The fourth-order valence-corrected chi connectivity index (χ4v) is 2.71. The van der Waals surface area contributed by atoms with E-state index < -0.39 is 0 Å². The number of ether oxygens (including phenoxy) is 2. The Bertz CT molecular complexity index is 243. The number of amides is 1. The Morgan fingerprint density at radius 1 is 1.11 bits per heavy atom. The Hall–Kier alpha value is -0.610. The summed E-state index contributed by atoms with van der Waals surface area (Å²) in [7, 11) is 0. The summed E-state index contributed by atoms with van der Waals surface area (Å²) in [6.07, 6.45) is 9.66. The van der Waals surface area contributed by atoms with Crippen molar-refractivity contribution in [2.75, 3.05) is 19.8 Å². The zero-order valence-corrected chi connectivity index (χ0v) is 11.2. The number of carbonyl (C=O) groups is 1. The number of carbonyl (C=O) groups excluding carboxylic acids is 1. The van der Waals surface area contributed by atoms with Gasteiger partial charge in [-0.05, 0) is 25.7 Å².